The van der Waals surface area contributed by atoms with Crippen LogP contribution in [0.1, 0.15) is 37.7 Å². The van der Waals surface area contributed by atoms with Crippen LogP contribution in [0.3, 0.4) is 0 Å². The first kappa shape index (κ1) is 16.5. The number of carbonyl (C=O) groups excluding carboxylic acids is 1. The molecule has 0 saturated carbocycles. The highest BCUT2D eigenvalue weighted by atomic mass is 16.5. The minimum Gasteiger partial charge on any atom is -0.378 e. The molecule has 3 rings (SSSR count). The molecule has 23 heavy (non-hydrogen) atoms. The van der Waals surface area contributed by atoms with Crippen LogP contribution in [-0.2, 0) is 16.0 Å². The molecular weight excluding hydrogens is 288 g/mol. The van der Waals surface area contributed by atoms with Gasteiger partial charge in [0.05, 0.1) is 25.3 Å². The number of rotatable bonds is 6. The molecule has 0 radical (unpaired) electrons. The minimum absolute atomic E-state index is 0.164. The van der Waals surface area contributed by atoms with Gasteiger partial charge < -0.3 is 10.1 Å². The van der Waals surface area contributed by atoms with Gasteiger partial charge in [0.1, 0.15) is 0 Å². The summed E-state index contributed by atoms with van der Waals surface area (Å²) in [7, 11) is 0. The van der Waals surface area contributed by atoms with Crippen LogP contribution in [0.25, 0.3) is 0 Å². The summed E-state index contributed by atoms with van der Waals surface area (Å²) in [6, 6.07) is 10.9. The van der Waals surface area contributed by atoms with Crippen molar-refractivity contribution in [3.8, 4) is 0 Å². The summed E-state index contributed by atoms with van der Waals surface area (Å²) in [5.41, 5.74) is 1.30. The molecule has 2 aliphatic rings. The van der Waals surface area contributed by atoms with Gasteiger partial charge in [-0.2, -0.15) is 0 Å². The van der Waals surface area contributed by atoms with E-state index in [1.807, 2.05) is 6.07 Å². The molecular formula is C19H28N2O2. The summed E-state index contributed by atoms with van der Waals surface area (Å²) in [5, 5.41) is 3.21. The summed E-state index contributed by atoms with van der Waals surface area (Å²) in [5.74, 6) is 0.165. The Morgan fingerprint density at radius 2 is 1.91 bits per heavy atom. The van der Waals surface area contributed by atoms with Gasteiger partial charge in [-0.05, 0) is 44.3 Å². The molecule has 0 bridgehead atoms. The van der Waals surface area contributed by atoms with E-state index in [2.05, 4.69) is 34.5 Å². The molecule has 0 spiro atoms. The Morgan fingerprint density at radius 1 is 1.13 bits per heavy atom. The van der Waals surface area contributed by atoms with Gasteiger partial charge in [-0.25, -0.2) is 0 Å². The normalized spacial score (nSPS) is 25.4. The molecule has 2 atom stereocenters. The molecule has 0 aliphatic carbocycles. The summed E-state index contributed by atoms with van der Waals surface area (Å²) in [6.45, 7) is 3.71. The maximum atomic E-state index is 12.2. The zero-order valence-electron chi connectivity index (χ0n) is 13.9. The average molecular weight is 316 g/mol. The number of hydrogen-bond acceptors (Lipinski definition) is 3. The number of nitrogens with zero attached hydrogens (tertiary/aromatic N) is 1. The molecule has 4 nitrogen and oxygen atoms in total. The maximum absolute atomic E-state index is 12.2. The van der Waals surface area contributed by atoms with Gasteiger partial charge in [0.25, 0.3) is 0 Å². The third-order valence-electron chi connectivity index (χ3n) is 4.97. The number of amides is 1. The lowest BCUT2D eigenvalue weighted by molar-refractivity contribution is -0.122. The number of carbonyl (C=O) groups is 1. The Morgan fingerprint density at radius 3 is 2.70 bits per heavy atom. The van der Waals surface area contributed by atoms with Crippen molar-refractivity contribution in [3.63, 3.8) is 0 Å². The first-order valence-corrected chi connectivity index (χ1v) is 8.98. The van der Waals surface area contributed by atoms with Crippen molar-refractivity contribution >= 4 is 5.91 Å². The highest BCUT2D eigenvalue weighted by Crippen LogP contribution is 2.19. The fraction of sp³-hybridized carbons (Fsp3) is 0.632. The Kier molecular flexibility index (Phi) is 6.06. The van der Waals surface area contributed by atoms with E-state index >= 15 is 0 Å². The molecule has 2 heterocycles. The molecule has 2 saturated heterocycles. The number of nitrogens with one attached hydrogen (secondary N) is 1. The summed E-state index contributed by atoms with van der Waals surface area (Å²) in [6.07, 6.45) is 6.34. The second-order valence-electron chi connectivity index (χ2n) is 6.71. The molecule has 2 fully saturated rings. The second kappa shape index (κ2) is 8.46. The number of benzene rings is 1. The van der Waals surface area contributed by atoms with Gasteiger partial charge in [-0.3, -0.25) is 9.69 Å². The summed E-state index contributed by atoms with van der Waals surface area (Å²) in [4.78, 5) is 14.7. The molecule has 1 aromatic carbocycles. The first-order valence-electron chi connectivity index (χ1n) is 8.98. The van der Waals surface area contributed by atoms with Crippen LogP contribution in [0.4, 0.5) is 0 Å². The number of ether oxygens (including phenoxy) is 1. The van der Waals surface area contributed by atoms with Crippen LogP contribution in [0.2, 0.25) is 0 Å². The van der Waals surface area contributed by atoms with Crippen molar-refractivity contribution in [1.82, 2.24) is 10.2 Å². The molecule has 0 aromatic heterocycles. The number of hydrogen-bond donors (Lipinski definition) is 1. The molecule has 1 aromatic rings. The van der Waals surface area contributed by atoms with E-state index in [-0.39, 0.29) is 11.9 Å². The monoisotopic (exact) mass is 316 g/mol. The Hall–Kier alpha value is -1.39. The van der Waals surface area contributed by atoms with E-state index in [4.69, 9.17) is 4.74 Å². The van der Waals surface area contributed by atoms with Crippen molar-refractivity contribution in [2.75, 3.05) is 26.3 Å². The SMILES string of the molecule is O=C(CCCc1ccccc1)N[C@H]1COC[C@@H]1N1CCCCC1. The Bertz CT molecular complexity index is 485. The van der Waals surface area contributed by atoms with E-state index in [1.165, 1.54) is 24.8 Å². The molecule has 1 N–H and O–H groups in total. The van der Waals surface area contributed by atoms with Crippen molar-refractivity contribution in [3.05, 3.63) is 35.9 Å². The number of piperidine rings is 1. The fourth-order valence-corrected chi connectivity index (χ4v) is 3.67. The molecule has 1 amide bonds. The zero-order chi connectivity index (χ0) is 15.9. The smallest absolute Gasteiger partial charge is 0.220 e. The van der Waals surface area contributed by atoms with Crippen molar-refractivity contribution in [2.24, 2.45) is 0 Å². The predicted molar refractivity (Wildman–Crippen MR) is 91.3 cm³/mol. The topological polar surface area (TPSA) is 41.6 Å². The van der Waals surface area contributed by atoms with Crippen LogP contribution < -0.4 is 5.32 Å². The average Bonchev–Trinajstić information content (AvgIpc) is 3.05. The number of likely N-dealkylation sites (tertiary alicyclic amines) is 1. The molecule has 4 heteroatoms. The van der Waals surface area contributed by atoms with Crippen molar-refractivity contribution < 1.29 is 9.53 Å². The summed E-state index contributed by atoms with van der Waals surface area (Å²) >= 11 is 0. The second-order valence-corrected chi connectivity index (χ2v) is 6.71. The lowest BCUT2D eigenvalue weighted by Gasteiger charge is -2.34. The highest BCUT2D eigenvalue weighted by Gasteiger charge is 2.34. The minimum atomic E-state index is 0.164. The van der Waals surface area contributed by atoms with Gasteiger partial charge in [-0.15, -0.1) is 0 Å². The van der Waals surface area contributed by atoms with E-state index in [9.17, 15) is 4.79 Å². The third kappa shape index (κ3) is 4.79. The lowest BCUT2D eigenvalue weighted by atomic mass is 10.0. The quantitative estimate of drug-likeness (QED) is 0.876. The van der Waals surface area contributed by atoms with Crippen LogP contribution in [0.15, 0.2) is 30.3 Å². The standard InChI is InChI=1S/C19H28N2O2/c22-19(11-7-10-16-8-3-1-4-9-16)20-17-14-23-15-18(17)21-12-5-2-6-13-21/h1,3-4,8-9,17-18H,2,5-7,10-15H2,(H,20,22)/t17-,18-/m0/s1. The van der Waals surface area contributed by atoms with Gasteiger partial charge in [0, 0.05) is 6.42 Å². The van der Waals surface area contributed by atoms with Crippen LogP contribution >= 0.6 is 0 Å². The predicted octanol–water partition coefficient (Wildman–Crippen LogP) is 2.38. The third-order valence-corrected chi connectivity index (χ3v) is 4.97. The van der Waals surface area contributed by atoms with Gasteiger partial charge in [-0.1, -0.05) is 36.8 Å². The van der Waals surface area contributed by atoms with Crippen LogP contribution in [0, 0.1) is 0 Å². The molecule has 0 unspecified atom stereocenters. The van der Waals surface area contributed by atoms with Crippen molar-refractivity contribution in [2.45, 2.75) is 50.6 Å². The van der Waals surface area contributed by atoms with Crippen molar-refractivity contribution in [1.29, 1.82) is 0 Å². The van der Waals surface area contributed by atoms with Crippen LogP contribution in [0.5, 0.6) is 0 Å². The van der Waals surface area contributed by atoms with Gasteiger partial charge >= 0.3 is 0 Å². The maximum Gasteiger partial charge on any atom is 0.220 e. The fourth-order valence-electron chi connectivity index (χ4n) is 3.67. The lowest BCUT2D eigenvalue weighted by Crippen LogP contribution is -2.52. The Balaban J connectivity index is 1.41. The number of aryl methyl sites for hydroxylation is 1. The highest BCUT2D eigenvalue weighted by molar-refractivity contribution is 5.76. The van der Waals surface area contributed by atoms with E-state index in [0.717, 1.165) is 32.5 Å². The van der Waals surface area contributed by atoms with Gasteiger partial charge in [0.2, 0.25) is 5.91 Å². The summed E-state index contributed by atoms with van der Waals surface area (Å²) < 4.78 is 5.64. The van der Waals surface area contributed by atoms with E-state index in [0.29, 0.717) is 19.1 Å². The Labute approximate surface area is 139 Å². The molecule has 126 valence electrons. The van der Waals surface area contributed by atoms with E-state index in [1.54, 1.807) is 0 Å². The largest absolute Gasteiger partial charge is 0.378 e. The zero-order valence-corrected chi connectivity index (χ0v) is 13.9. The van der Waals surface area contributed by atoms with E-state index < -0.39 is 0 Å². The molecule has 2 aliphatic heterocycles. The first-order chi connectivity index (χ1) is 11.3. The van der Waals surface area contributed by atoms with Crippen LogP contribution in [-0.4, -0.2) is 49.2 Å². The van der Waals surface area contributed by atoms with Gasteiger partial charge in [0.15, 0.2) is 0 Å².